The average Bonchev–Trinajstić information content (AvgIpc) is 2.52. The summed E-state index contributed by atoms with van der Waals surface area (Å²) in [6.07, 6.45) is 8.94. The van der Waals surface area contributed by atoms with Crippen LogP contribution in [0, 0.1) is 17.8 Å². The van der Waals surface area contributed by atoms with E-state index in [1.54, 1.807) is 0 Å². The molecule has 0 heterocycles. The van der Waals surface area contributed by atoms with Gasteiger partial charge in [-0.25, -0.2) is 0 Å². The molecule has 20 heavy (non-hydrogen) atoms. The third kappa shape index (κ3) is 3.34. The minimum Gasteiger partial charge on any atom is -0.394 e. The fourth-order valence-electron chi connectivity index (χ4n) is 3.92. The molecular formula is C16H29NO3. The zero-order chi connectivity index (χ0) is 14.6. The minimum atomic E-state index is -0.847. The van der Waals surface area contributed by atoms with Gasteiger partial charge in [-0.05, 0) is 37.5 Å². The van der Waals surface area contributed by atoms with Crippen LogP contribution < -0.4 is 5.32 Å². The lowest BCUT2D eigenvalue weighted by molar-refractivity contribution is -0.130. The number of rotatable bonds is 5. The largest absolute Gasteiger partial charge is 0.394 e. The van der Waals surface area contributed by atoms with Gasteiger partial charge in [-0.1, -0.05) is 32.6 Å². The summed E-state index contributed by atoms with van der Waals surface area (Å²) in [6, 6.07) is 0. The Morgan fingerprint density at radius 2 is 1.75 bits per heavy atom. The van der Waals surface area contributed by atoms with Crippen LogP contribution in [-0.4, -0.2) is 34.9 Å². The summed E-state index contributed by atoms with van der Waals surface area (Å²) in [4.78, 5) is 12.4. The molecule has 0 aromatic carbocycles. The number of hydrogen-bond donors (Lipinski definition) is 3. The Hall–Kier alpha value is -0.610. The molecular weight excluding hydrogens is 254 g/mol. The minimum absolute atomic E-state index is 0.0268. The molecule has 0 aliphatic heterocycles. The lowest BCUT2D eigenvalue weighted by Gasteiger charge is -2.40. The molecule has 0 bridgehead atoms. The molecule has 116 valence electrons. The molecule has 4 nitrogen and oxygen atoms in total. The van der Waals surface area contributed by atoms with Crippen molar-refractivity contribution in [2.45, 2.75) is 63.8 Å². The summed E-state index contributed by atoms with van der Waals surface area (Å²) < 4.78 is 0. The zero-order valence-corrected chi connectivity index (χ0v) is 12.6. The molecule has 4 heteroatoms. The first-order chi connectivity index (χ1) is 9.64. The first-order valence-electron chi connectivity index (χ1n) is 8.18. The molecule has 2 aliphatic carbocycles. The molecule has 2 rings (SSSR count). The van der Waals surface area contributed by atoms with Crippen molar-refractivity contribution in [1.29, 1.82) is 0 Å². The normalized spacial score (nSPS) is 30.6. The summed E-state index contributed by atoms with van der Waals surface area (Å²) in [5, 5.41) is 21.8. The first kappa shape index (κ1) is 15.8. The SMILES string of the molecule is CCC(CO)(CO)NC(=O)C1CCC2CCCCC2C1. The number of hydrogen-bond acceptors (Lipinski definition) is 3. The molecule has 0 aromatic heterocycles. The fourth-order valence-corrected chi connectivity index (χ4v) is 3.92. The third-order valence-electron chi connectivity index (χ3n) is 5.58. The van der Waals surface area contributed by atoms with Crippen LogP contribution in [0.3, 0.4) is 0 Å². The van der Waals surface area contributed by atoms with Gasteiger partial charge in [0.05, 0.1) is 18.8 Å². The highest BCUT2D eigenvalue weighted by atomic mass is 16.3. The van der Waals surface area contributed by atoms with Crippen LogP contribution in [0.15, 0.2) is 0 Å². The van der Waals surface area contributed by atoms with Crippen molar-refractivity contribution < 1.29 is 15.0 Å². The van der Waals surface area contributed by atoms with Gasteiger partial charge in [0.25, 0.3) is 0 Å². The van der Waals surface area contributed by atoms with Gasteiger partial charge in [-0.3, -0.25) is 4.79 Å². The highest BCUT2D eigenvalue weighted by molar-refractivity contribution is 5.79. The van der Waals surface area contributed by atoms with Crippen molar-refractivity contribution >= 4 is 5.91 Å². The summed E-state index contributed by atoms with van der Waals surface area (Å²) in [5.41, 5.74) is -0.847. The van der Waals surface area contributed by atoms with E-state index in [1.807, 2.05) is 6.92 Å². The number of aliphatic hydroxyl groups is 2. The quantitative estimate of drug-likeness (QED) is 0.721. The van der Waals surface area contributed by atoms with Crippen molar-refractivity contribution in [2.75, 3.05) is 13.2 Å². The molecule has 2 aliphatic rings. The van der Waals surface area contributed by atoms with E-state index in [1.165, 1.54) is 32.1 Å². The van der Waals surface area contributed by atoms with E-state index < -0.39 is 5.54 Å². The van der Waals surface area contributed by atoms with Crippen LogP contribution in [0.25, 0.3) is 0 Å². The molecule has 3 atom stereocenters. The second-order valence-electron chi connectivity index (χ2n) is 6.75. The van der Waals surface area contributed by atoms with Gasteiger partial charge in [0.2, 0.25) is 5.91 Å². The van der Waals surface area contributed by atoms with Crippen LogP contribution in [-0.2, 0) is 4.79 Å². The second-order valence-corrected chi connectivity index (χ2v) is 6.75. The predicted octanol–water partition coefficient (Wildman–Crippen LogP) is 1.84. The zero-order valence-electron chi connectivity index (χ0n) is 12.6. The maximum absolute atomic E-state index is 12.4. The lowest BCUT2D eigenvalue weighted by atomic mass is 9.67. The smallest absolute Gasteiger partial charge is 0.223 e. The van der Waals surface area contributed by atoms with Gasteiger partial charge in [-0.15, -0.1) is 0 Å². The number of carbonyl (C=O) groups excluding carboxylic acids is 1. The van der Waals surface area contributed by atoms with Crippen LogP contribution in [0.5, 0.6) is 0 Å². The van der Waals surface area contributed by atoms with E-state index in [2.05, 4.69) is 5.32 Å². The Balaban J connectivity index is 1.92. The standard InChI is InChI=1S/C16H29NO3/c1-2-16(10-18,11-19)17-15(20)14-8-7-12-5-3-4-6-13(12)9-14/h12-14,18-19H,2-11H2,1H3,(H,17,20). The topological polar surface area (TPSA) is 69.6 Å². The Kier molecular flexibility index (Phi) is 5.44. The van der Waals surface area contributed by atoms with E-state index in [-0.39, 0.29) is 25.0 Å². The summed E-state index contributed by atoms with van der Waals surface area (Å²) in [5.74, 6) is 1.64. The number of nitrogens with one attached hydrogen (secondary N) is 1. The van der Waals surface area contributed by atoms with Gasteiger partial charge >= 0.3 is 0 Å². The highest BCUT2D eigenvalue weighted by Gasteiger charge is 2.37. The average molecular weight is 283 g/mol. The summed E-state index contributed by atoms with van der Waals surface area (Å²) in [6.45, 7) is 1.47. The molecule has 3 N–H and O–H groups in total. The number of fused-ring (bicyclic) bond motifs is 1. The van der Waals surface area contributed by atoms with E-state index >= 15 is 0 Å². The van der Waals surface area contributed by atoms with E-state index in [9.17, 15) is 15.0 Å². The van der Waals surface area contributed by atoms with E-state index in [0.717, 1.165) is 18.8 Å². The van der Waals surface area contributed by atoms with Gasteiger partial charge in [0.15, 0.2) is 0 Å². The molecule has 2 fully saturated rings. The van der Waals surface area contributed by atoms with Crippen molar-refractivity contribution in [1.82, 2.24) is 5.32 Å². The van der Waals surface area contributed by atoms with Crippen LogP contribution >= 0.6 is 0 Å². The van der Waals surface area contributed by atoms with Crippen LogP contribution in [0.2, 0.25) is 0 Å². The number of aliphatic hydroxyl groups excluding tert-OH is 2. The lowest BCUT2D eigenvalue weighted by Crippen LogP contribution is -2.55. The molecule has 0 aromatic rings. The van der Waals surface area contributed by atoms with Crippen molar-refractivity contribution in [3.05, 3.63) is 0 Å². The fraction of sp³-hybridized carbons (Fsp3) is 0.938. The van der Waals surface area contributed by atoms with Crippen molar-refractivity contribution in [3.8, 4) is 0 Å². The maximum Gasteiger partial charge on any atom is 0.223 e. The number of amides is 1. The van der Waals surface area contributed by atoms with Crippen molar-refractivity contribution in [2.24, 2.45) is 17.8 Å². The Bertz CT molecular complexity index is 319. The van der Waals surface area contributed by atoms with Crippen LogP contribution in [0.1, 0.15) is 58.3 Å². The Labute approximate surface area is 122 Å². The predicted molar refractivity (Wildman–Crippen MR) is 78.1 cm³/mol. The second kappa shape index (κ2) is 6.90. The monoisotopic (exact) mass is 283 g/mol. The highest BCUT2D eigenvalue weighted by Crippen LogP contribution is 2.42. The van der Waals surface area contributed by atoms with Crippen LogP contribution in [0.4, 0.5) is 0 Å². The molecule has 3 unspecified atom stereocenters. The first-order valence-corrected chi connectivity index (χ1v) is 8.18. The van der Waals surface area contributed by atoms with Crippen molar-refractivity contribution in [3.63, 3.8) is 0 Å². The summed E-state index contributed by atoms with van der Waals surface area (Å²) >= 11 is 0. The van der Waals surface area contributed by atoms with Gasteiger partial charge in [0.1, 0.15) is 0 Å². The third-order valence-corrected chi connectivity index (χ3v) is 5.58. The number of carbonyl (C=O) groups is 1. The molecule has 0 spiro atoms. The van der Waals surface area contributed by atoms with Gasteiger partial charge in [0, 0.05) is 5.92 Å². The van der Waals surface area contributed by atoms with E-state index in [0.29, 0.717) is 12.3 Å². The maximum atomic E-state index is 12.4. The molecule has 1 amide bonds. The Morgan fingerprint density at radius 1 is 1.10 bits per heavy atom. The summed E-state index contributed by atoms with van der Waals surface area (Å²) in [7, 11) is 0. The molecule has 2 saturated carbocycles. The Morgan fingerprint density at radius 3 is 2.35 bits per heavy atom. The van der Waals surface area contributed by atoms with Gasteiger partial charge < -0.3 is 15.5 Å². The molecule has 0 radical (unpaired) electrons. The van der Waals surface area contributed by atoms with E-state index in [4.69, 9.17) is 0 Å². The van der Waals surface area contributed by atoms with Gasteiger partial charge in [-0.2, -0.15) is 0 Å². The molecule has 0 saturated heterocycles.